The molecule has 0 radical (unpaired) electrons. The van der Waals surface area contributed by atoms with E-state index in [2.05, 4.69) is 46.4 Å². The van der Waals surface area contributed by atoms with Gasteiger partial charge in [0.2, 0.25) is 0 Å². The first-order valence-corrected chi connectivity index (χ1v) is 8.64. The predicted molar refractivity (Wildman–Crippen MR) is 104 cm³/mol. The van der Waals surface area contributed by atoms with E-state index in [1.54, 1.807) is 18.2 Å². The number of hydrogen-bond donors (Lipinski definition) is 1. The van der Waals surface area contributed by atoms with Gasteiger partial charge in [-0.1, -0.05) is 48.5 Å². The maximum absolute atomic E-state index is 12.2. The van der Waals surface area contributed by atoms with E-state index < -0.39 is 0 Å². The summed E-state index contributed by atoms with van der Waals surface area (Å²) in [4.78, 5) is 14.4. The van der Waals surface area contributed by atoms with E-state index in [0.29, 0.717) is 11.4 Å². The number of aromatic nitrogens is 2. The standard InChI is InChI=1S/C21H22N4O/c1-16(2)25(15-17-9-5-3-6-10-17)20-14-13-19(23-24-20)22-21(26)18-11-7-4-8-12-18/h3-14,16H,15H2,1-2H3,(H,22,23,26). The van der Waals surface area contributed by atoms with Crippen molar-refractivity contribution < 1.29 is 4.79 Å². The molecule has 0 atom stereocenters. The van der Waals surface area contributed by atoms with Gasteiger partial charge in [-0.05, 0) is 43.7 Å². The van der Waals surface area contributed by atoms with E-state index in [9.17, 15) is 4.79 Å². The quantitative estimate of drug-likeness (QED) is 0.729. The Balaban J connectivity index is 1.71. The normalized spacial score (nSPS) is 10.6. The van der Waals surface area contributed by atoms with Crippen molar-refractivity contribution >= 4 is 17.5 Å². The van der Waals surface area contributed by atoms with Gasteiger partial charge in [-0.25, -0.2) is 0 Å². The molecule has 0 saturated carbocycles. The van der Waals surface area contributed by atoms with Crippen LogP contribution in [0.15, 0.2) is 72.8 Å². The second-order valence-electron chi connectivity index (χ2n) is 6.30. The Labute approximate surface area is 153 Å². The average Bonchev–Trinajstić information content (AvgIpc) is 2.68. The molecule has 0 aliphatic heterocycles. The largest absolute Gasteiger partial charge is 0.348 e. The first-order valence-electron chi connectivity index (χ1n) is 8.64. The highest BCUT2D eigenvalue weighted by atomic mass is 16.1. The molecule has 26 heavy (non-hydrogen) atoms. The Morgan fingerprint density at radius 1 is 0.923 bits per heavy atom. The molecule has 132 valence electrons. The van der Waals surface area contributed by atoms with Crippen molar-refractivity contribution in [2.45, 2.75) is 26.4 Å². The fourth-order valence-corrected chi connectivity index (χ4v) is 2.63. The van der Waals surface area contributed by atoms with Gasteiger partial charge in [0, 0.05) is 18.2 Å². The first-order chi connectivity index (χ1) is 12.6. The summed E-state index contributed by atoms with van der Waals surface area (Å²) >= 11 is 0. The Morgan fingerprint density at radius 2 is 1.58 bits per heavy atom. The van der Waals surface area contributed by atoms with Crippen molar-refractivity contribution in [3.63, 3.8) is 0 Å². The minimum atomic E-state index is -0.197. The van der Waals surface area contributed by atoms with Gasteiger partial charge >= 0.3 is 0 Å². The fourth-order valence-electron chi connectivity index (χ4n) is 2.63. The van der Waals surface area contributed by atoms with Crippen LogP contribution in [0.25, 0.3) is 0 Å². The van der Waals surface area contributed by atoms with Crippen molar-refractivity contribution in [3.8, 4) is 0 Å². The third kappa shape index (κ3) is 4.45. The molecule has 0 fully saturated rings. The van der Waals surface area contributed by atoms with E-state index in [1.807, 2.05) is 42.5 Å². The number of nitrogens with zero attached hydrogens (tertiary/aromatic N) is 3. The van der Waals surface area contributed by atoms with E-state index in [-0.39, 0.29) is 11.9 Å². The first kappa shape index (κ1) is 17.6. The highest BCUT2D eigenvalue weighted by molar-refractivity contribution is 6.03. The van der Waals surface area contributed by atoms with Crippen molar-refractivity contribution in [2.24, 2.45) is 0 Å². The Hall–Kier alpha value is -3.21. The molecular weight excluding hydrogens is 324 g/mol. The number of anilines is 2. The van der Waals surface area contributed by atoms with Crippen molar-refractivity contribution in [3.05, 3.63) is 83.9 Å². The molecule has 0 aliphatic carbocycles. The number of amides is 1. The topological polar surface area (TPSA) is 58.1 Å². The maximum atomic E-state index is 12.2. The fraction of sp³-hybridized carbons (Fsp3) is 0.190. The molecule has 0 aliphatic rings. The van der Waals surface area contributed by atoms with Crippen LogP contribution in [0.5, 0.6) is 0 Å². The lowest BCUT2D eigenvalue weighted by Gasteiger charge is -2.27. The van der Waals surface area contributed by atoms with Gasteiger partial charge in [-0.2, -0.15) is 0 Å². The Bertz CT molecular complexity index is 833. The minimum Gasteiger partial charge on any atom is -0.348 e. The van der Waals surface area contributed by atoms with Crippen molar-refractivity contribution in [2.75, 3.05) is 10.2 Å². The van der Waals surface area contributed by atoms with Gasteiger partial charge in [-0.15, -0.1) is 10.2 Å². The second kappa shape index (κ2) is 8.25. The molecule has 2 aromatic carbocycles. The monoisotopic (exact) mass is 346 g/mol. The van der Waals surface area contributed by atoms with Crippen LogP contribution in [0.2, 0.25) is 0 Å². The molecule has 1 aromatic heterocycles. The zero-order valence-electron chi connectivity index (χ0n) is 15.0. The third-order valence-electron chi connectivity index (χ3n) is 4.04. The van der Waals surface area contributed by atoms with E-state index in [0.717, 1.165) is 12.4 Å². The molecule has 1 amide bonds. The SMILES string of the molecule is CC(C)N(Cc1ccccc1)c1ccc(NC(=O)c2ccccc2)nn1. The number of carbonyl (C=O) groups is 1. The molecule has 1 N–H and O–H groups in total. The molecule has 0 bridgehead atoms. The average molecular weight is 346 g/mol. The summed E-state index contributed by atoms with van der Waals surface area (Å²) in [6, 6.07) is 23.2. The van der Waals surface area contributed by atoms with E-state index in [1.165, 1.54) is 5.56 Å². The van der Waals surface area contributed by atoms with E-state index >= 15 is 0 Å². The number of carbonyl (C=O) groups excluding carboxylic acids is 1. The van der Waals surface area contributed by atoms with Crippen LogP contribution in [0.1, 0.15) is 29.8 Å². The van der Waals surface area contributed by atoms with Gasteiger partial charge in [0.05, 0.1) is 0 Å². The van der Waals surface area contributed by atoms with Crippen LogP contribution in [0, 0.1) is 0 Å². The van der Waals surface area contributed by atoms with Crippen LogP contribution in [0.4, 0.5) is 11.6 Å². The van der Waals surface area contributed by atoms with Gasteiger partial charge in [0.25, 0.3) is 5.91 Å². The number of hydrogen-bond acceptors (Lipinski definition) is 4. The highest BCUT2D eigenvalue weighted by Gasteiger charge is 2.14. The van der Waals surface area contributed by atoms with Crippen molar-refractivity contribution in [1.29, 1.82) is 0 Å². The van der Waals surface area contributed by atoms with Crippen molar-refractivity contribution in [1.82, 2.24) is 10.2 Å². The van der Waals surface area contributed by atoms with Gasteiger partial charge in [-0.3, -0.25) is 4.79 Å². The minimum absolute atomic E-state index is 0.197. The maximum Gasteiger partial charge on any atom is 0.256 e. The molecular formula is C21H22N4O. The summed E-state index contributed by atoms with van der Waals surface area (Å²) in [6.45, 7) is 4.99. The summed E-state index contributed by atoms with van der Waals surface area (Å²) in [7, 11) is 0. The molecule has 5 heteroatoms. The molecule has 0 unspecified atom stereocenters. The molecule has 1 heterocycles. The van der Waals surface area contributed by atoms with Crippen LogP contribution in [-0.2, 0) is 6.54 Å². The number of nitrogens with one attached hydrogen (secondary N) is 1. The molecule has 0 spiro atoms. The molecule has 5 nitrogen and oxygen atoms in total. The smallest absolute Gasteiger partial charge is 0.256 e. The summed E-state index contributed by atoms with van der Waals surface area (Å²) < 4.78 is 0. The van der Waals surface area contributed by atoms with Crippen LogP contribution in [0.3, 0.4) is 0 Å². The van der Waals surface area contributed by atoms with Crippen LogP contribution in [-0.4, -0.2) is 22.1 Å². The Kier molecular flexibility index (Phi) is 5.59. The summed E-state index contributed by atoms with van der Waals surface area (Å²) in [6.07, 6.45) is 0. The van der Waals surface area contributed by atoms with E-state index in [4.69, 9.17) is 0 Å². The lowest BCUT2D eigenvalue weighted by atomic mass is 10.2. The zero-order valence-corrected chi connectivity index (χ0v) is 15.0. The molecule has 0 saturated heterocycles. The Morgan fingerprint density at radius 3 is 2.15 bits per heavy atom. The third-order valence-corrected chi connectivity index (χ3v) is 4.04. The van der Waals surface area contributed by atoms with Gasteiger partial charge in [0.15, 0.2) is 11.6 Å². The van der Waals surface area contributed by atoms with Crippen LogP contribution >= 0.6 is 0 Å². The molecule has 3 aromatic rings. The second-order valence-corrected chi connectivity index (χ2v) is 6.30. The molecule has 3 rings (SSSR count). The van der Waals surface area contributed by atoms with Gasteiger partial charge < -0.3 is 10.2 Å². The predicted octanol–water partition coefficient (Wildman–Crippen LogP) is 4.14. The van der Waals surface area contributed by atoms with Gasteiger partial charge in [0.1, 0.15) is 0 Å². The highest BCUT2D eigenvalue weighted by Crippen LogP contribution is 2.18. The summed E-state index contributed by atoms with van der Waals surface area (Å²) in [5.41, 5.74) is 1.80. The summed E-state index contributed by atoms with van der Waals surface area (Å²) in [5, 5.41) is 11.2. The lowest BCUT2D eigenvalue weighted by Crippen LogP contribution is -2.31. The lowest BCUT2D eigenvalue weighted by molar-refractivity contribution is 0.102. The summed E-state index contributed by atoms with van der Waals surface area (Å²) in [5.74, 6) is 1.02. The zero-order chi connectivity index (χ0) is 18.4. The number of rotatable bonds is 6. The van der Waals surface area contributed by atoms with Crippen LogP contribution < -0.4 is 10.2 Å². The number of benzene rings is 2.